The Hall–Kier alpha value is -0.850. The van der Waals surface area contributed by atoms with E-state index in [1.165, 1.54) is 69.1 Å². The molecule has 0 N–H and O–H groups in total. The molecule has 0 radical (unpaired) electrons. The van der Waals surface area contributed by atoms with Crippen LogP contribution in [-0.2, 0) is 20.9 Å². The summed E-state index contributed by atoms with van der Waals surface area (Å²) in [6.07, 6.45) is 14.4. The van der Waals surface area contributed by atoms with Gasteiger partial charge in [-0.2, -0.15) is 0 Å². The minimum Gasteiger partial charge on any atom is -0.264 e. The van der Waals surface area contributed by atoms with Gasteiger partial charge in [0.25, 0.3) is 10.0 Å². The first-order chi connectivity index (χ1) is 17.3. The van der Waals surface area contributed by atoms with Crippen LogP contribution in [-0.4, -0.2) is 15.0 Å². The van der Waals surface area contributed by atoms with Crippen LogP contribution in [0.3, 0.4) is 0 Å². The fourth-order valence-electron chi connectivity index (χ4n) is 4.99. The zero-order chi connectivity index (χ0) is 27.4. The van der Waals surface area contributed by atoms with Crippen molar-refractivity contribution in [3.05, 3.63) is 21.9 Å². The SMILES string of the molecule is CCCCCCCCCCCCC(C)CN1c2cc(C(C)(C)C)sc2-c2sc(C(C)(C)C)cc2S1(=O)=O. The van der Waals surface area contributed by atoms with Gasteiger partial charge in [0.2, 0.25) is 0 Å². The number of fused-ring (bicyclic) bond motifs is 3. The highest BCUT2D eigenvalue weighted by molar-refractivity contribution is 7.93. The Labute approximate surface area is 236 Å². The van der Waals surface area contributed by atoms with Crippen molar-refractivity contribution in [2.45, 2.75) is 142 Å². The molecular weight excluding hydrogens is 515 g/mol. The van der Waals surface area contributed by atoms with Crippen molar-refractivity contribution in [2.75, 3.05) is 10.8 Å². The molecule has 0 aliphatic carbocycles. The van der Waals surface area contributed by atoms with Crippen molar-refractivity contribution in [2.24, 2.45) is 5.92 Å². The molecule has 6 heteroatoms. The maximum absolute atomic E-state index is 14.0. The number of unbranched alkanes of at least 4 members (excludes halogenated alkanes) is 9. The number of hydrogen-bond donors (Lipinski definition) is 0. The predicted octanol–water partition coefficient (Wildman–Crippen LogP) is 10.5. The van der Waals surface area contributed by atoms with Crippen LogP contribution >= 0.6 is 22.7 Å². The van der Waals surface area contributed by atoms with Crippen LogP contribution in [0.4, 0.5) is 5.69 Å². The van der Waals surface area contributed by atoms with Crippen molar-refractivity contribution in [3.63, 3.8) is 0 Å². The number of hydrogen-bond acceptors (Lipinski definition) is 4. The molecule has 2 aromatic rings. The fraction of sp³-hybridized carbons (Fsp3) is 0.742. The molecule has 1 atom stereocenters. The second kappa shape index (κ2) is 12.6. The third-order valence-electron chi connectivity index (χ3n) is 7.46. The highest BCUT2D eigenvalue weighted by Gasteiger charge is 2.40. The topological polar surface area (TPSA) is 37.4 Å². The van der Waals surface area contributed by atoms with E-state index in [1.54, 1.807) is 27.0 Å². The first-order valence-electron chi connectivity index (χ1n) is 14.6. The van der Waals surface area contributed by atoms with E-state index in [9.17, 15) is 8.42 Å². The summed E-state index contributed by atoms with van der Waals surface area (Å²) >= 11 is 3.45. The largest absolute Gasteiger partial charge is 0.265 e. The van der Waals surface area contributed by atoms with E-state index in [-0.39, 0.29) is 10.8 Å². The molecule has 1 aliphatic heterocycles. The Morgan fingerprint density at radius 3 is 1.78 bits per heavy atom. The van der Waals surface area contributed by atoms with Crippen molar-refractivity contribution in [3.8, 4) is 9.75 Å². The van der Waals surface area contributed by atoms with Gasteiger partial charge in [0.15, 0.2) is 0 Å². The Morgan fingerprint density at radius 1 is 0.757 bits per heavy atom. The van der Waals surface area contributed by atoms with E-state index in [4.69, 9.17) is 0 Å². The van der Waals surface area contributed by atoms with Gasteiger partial charge in [-0.15, -0.1) is 22.7 Å². The van der Waals surface area contributed by atoms with Gasteiger partial charge in [0.05, 0.1) is 15.4 Å². The molecular formula is C31H51NO2S3. The molecule has 210 valence electrons. The van der Waals surface area contributed by atoms with Crippen LogP contribution in [0.15, 0.2) is 17.0 Å². The predicted molar refractivity (Wildman–Crippen MR) is 165 cm³/mol. The van der Waals surface area contributed by atoms with Gasteiger partial charge in [-0.3, -0.25) is 4.31 Å². The third-order valence-corrected chi connectivity index (χ3v) is 12.7. The zero-order valence-corrected chi connectivity index (χ0v) is 27.2. The summed E-state index contributed by atoms with van der Waals surface area (Å²) < 4.78 is 29.7. The van der Waals surface area contributed by atoms with E-state index in [0.717, 1.165) is 26.7 Å². The van der Waals surface area contributed by atoms with Crippen LogP contribution in [0.25, 0.3) is 9.75 Å². The Balaban J connectivity index is 1.68. The molecule has 3 nitrogen and oxygen atoms in total. The highest BCUT2D eigenvalue weighted by atomic mass is 32.2. The Kier molecular flexibility index (Phi) is 10.4. The standard InChI is InChI=1S/C31H51NO2S3/c1-9-10-11-12-13-14-15-16-17-18-19-23(2)22-32-24-20-26(30(3,4)5)35-28(24)29-25(37(32,33)34)21-27(36-29)31(6,7)8/h20-21,23H,9-19,22H2,1-8H3. The lowest BCUT2D eigenvalue weighted by molar-refractivity contribution is 0.483. The number of thiophene rings is 2. The minimum absolute atomic E-state index is 0.0106. The molecule has 3 heterocycles. The van der Waals surface area contributed by atoms with E-state index >= 15 is 0 Å². The lowest BCUT2D eigenvalue weighted by Gasteiger charge is -2.30. The van der Waals surface area contributed by atoms with Gasteiger partial charge in [-0.05, 0) is 35.3 Å². The molecule has 0 saturated carbocycles. The summed E-state index contributed by atoms with van der Waals surface area (Å²) in [6, 6.07) is 4.11. The number of sulfonamides is 1. The molecule has 0 spiro atoms. The van der Waals surface area contributed by atoms with E-state index < -0.39 is 10.0 Å². The number of nitrogens with zero attached hydrogens (tertiary/aromatic N) is 1. The zero-order valence-electron chi connectivity index (χ0n) is 24.7. The van der Waals surface area contributed by atoms with Crippen LogP contribution < -0.4 is 4.31 Å². The molecule has 3 rings (SSSR count). The normalized spacial score (nSPS) is 16.1. The molecule has 1 aliphatic rings. The first kappa shape index (κ1) is 30.7. The van der Waals surface area contributed by atoms with Crippen LogP contribution in [0.1, 0.15) is 136 Å². The van der Waals surface area contributed by atoms with Crippen molar-refractivity contribution in [1.29, 1.82) is 0 Å². The molecule has 37 heavy (non-hydrogen) atoms. The average molecular weight is 566 g/mol. The van der Waals surface area contributed by atoms with Gasteiger partial charge in [-0.1, -0.05) is 120 Å². The molecule has 0 bridgehead atoms. The first-order valence-corrected chi connectivity index (χ1v) is 17.7. The lowest BCUT2D eigenvalue weighted by Crippen LogP contribution is -2.36. The second-order valence-corrected chi connectivity index (χ2v) is 17.2. The van der Waals surface area contributed by atoms with Gasteiger partial charge in [-0.25, -0.2) is 8.42 Å². The summed E-state index contributed by atoms with van der Waals surface area (Å²) in [4.78, 5) is 4.99. The Morgan fingerprint density at radius 2 is 1.24 bits per heavy atom. The summed E-state index contributed by atoms with van der Waals surface area (Å²) in [7, 11) is -3.56. The van der Waals surface area contributed by atoms with E-state index in [1.807, 2.05) is 6.07 Å². The molecule has 2 aromatic heterocycles. The van der Waals surface area contributed by atoms with Crippen LogP contribution in [0.5, 0.6) is 0 Å². The monoisotopic (exact) mass is 565 g/mol. The smallest absolute Gasteiger partial charge is 0.264 e. The third kappa shape index (κ3) is 7.63. The van der Waals surface area contributed by atoms with Crippen molar-refractivity contribution < 1.29 is 8.42 Å². The molecule has 0 fully saturated rings. The molecule has 0 saturated heterocycles. The average Bonchev–Trinajstić information content (AvgIpc) is 3.43. The summed E-state index contributed by atoms with van der Waals surface area (Å²) in [5.74, 6) is 0.330. The molecule has 0 aromatic carbocycles. The van der Waals surface area contributed by atoms with E-state index in [2.05, 4.69) is 61.5 Å². The highest BCUT2D eigenvalue weighted by Crippen LogP contribution is 2.54. The summed E-state index contributed by atoms with van der Waals surface area (Å²) in [5.41, 5.74) is 0.818. The van der Waals surface area contributed by atoms with E-state index in [0.29, 0.717) is 17.4 Å². The second-order valence-electron chi connectivity index (χ2n) is 13.2. The van der Waals surface area contributed by atoms with Crippen molar-refractivity contribution >= 4 is 38.4 Å². The maximum atomic E-state index is 14.0. The maximum Gasteiger partial charge on any atom is 0.265 e. The van der Waals surface area contributed by atoms with Crippen molar-refractivity contribution in [1.82, 2.24) is 0 Å². The molecule has 0 amide bonds. The summed E-state index contributed by atoms with van der Waals surface area (Å²) in [5, 5.41) is 0. The fourth-order valence-corrected chi connectivity index (χ4v) is 9.81. The van der Waals surface area contributed by atoms with Gasteiger partial charge in [0, 0.05) is 16.3 Å². The van der Waals surface area contributed by atoms with Gasteiger partial charge >= 0.3 is 0 Å². The lowest BCUT2D eigenvalue weighted by atomic mass is 9.94. The quantitative estimate of drug-likeness (QED) is 0.227. The Bertz CT molecular complexity index is 1110. The van der Waals surface area contributed by atoms with Gasteiger partial charge in [0.1, 0.15) is 4.90 Å². The van der Waals surface area contributed by atoms with Gasteiger partial charge < -0.3 is 0 Å². The minimum atomic E-state index is -3.56. The van der Waals surface area contributed by atoms with Crippen LogP contribution in [0, 0.1) is 5.92 Å². The number of anilines is 1. The summed E-state index contributed by atoms with van der Waals surface area (Å²) in [6.45, 7) is 18.2. The number of rotatable bonds is 13. The van der Waals surface area contributed by atoms with Crippen LogP contribution in [0.2, 0.25) is 0 Å². The molecule has 1 unspecified atom stereocenters.